The molecule has 0 unspecified atom stereocenters. The monoisotopic (exact) mass is 410 g/mol. The Balaban J connectivity index is 1.58. The van der Waals surface area contributed by atoms with E-state index in [1.54, 1.807) is 36.4 Å². The van der Waals surface area contributed by atoms with Crippen molar-refractivity contribution < 1.29 is 19.1 Å². The third-order valence-electron chi connectivity index (χ3n) is 3.99. The lowest BCUT2D eigenvalue weighted by molar-refractivity contribution is -0.123. The molecular formula is C22H19ClN2O4. The fourth-order valence-corrected chi connectivity index (χ4v) is 2.62. The number of carbonyl (C=O) groups is 2. The molecule has 0 spiro atoms. The van der Waals surface area contributed by atoms with Crippen LogP contribution in [0.4, 0.5) is 5.69 Å². The maximum atomic E-state index is 12.4. The summed E-state index contributed by atoms with van der Waals surface area (Å²) in [5, 5.41) is 2.74. The topological polar surface area (TPSA) is 77.5 Å². The average Bonchev–Trinajstić information content (AvgIpc) is 2.74. The Bertz CT molecular complexity index is 995. The van der Waals surface area contributed by atoms with Crippen LogP contribution in [0.3, 0.4) is 0 Å². The second kappa shape index (κ2) is 9.71. The zero-order valence-electron chi connectivity index (χ0n) is 15.7. The summed E-state index contributed by atoms with van der Waals surface area (Å²) in [6, 6.07) is 19.6. The molecule has 148 valence electrons. The maximum absolute atomic E-state index is 12.4. The average molecular weight is 411 g/mol. The standard InChI is InChI=1S/C22H19ClN2O4/c1-15(21(26)25-19-11-6-12-24-20(19)23)29-22(27)17-9-5-10-18(13-17)28-14-16-7-3-2-4-8-16/h2-13,15H,14H2,1H3,(H,25,26)/t15-/m0/s1. The van der Waals surface area contributed by atoms with Gasteiger partial charge in [-0.2, -0.15) is 0 Å². The van der Waals surface area contributed by atoms with Gasteiger partial charge in [0, 0.05) is 6.20 Å². The summed E-state index contributed by atoms with van der Waals surface area (Å²) in [5.74, 6) is -0.609. The van der Waals surface area contributed by atoms with Gasteiger partial charge in [0.25, 0.3) is 5.91 Å². The molecule has 3 rings (SSSR count). The lowest BCUT2D eigenvalue weighted by Gasteiger charge is -2.14. The Morgan fingerprint density at radius 3 is 2.62 bits per heavy atom. The van der Waals surface area contributed by atoms with Crippen molar-refractivity contribution in [1.82, 2.24) is 4.98 Å². The fourth-order valence-electron chi connectivity index (χ4n) is 2.45. The number of esters is 1. The third-order valence-corrected chi connectivity index (χ3v) is 4.29. The molecule has 0 fully saturated rings. The first-order valence-electron chi connectivity index (χ1n) is 8.92. The molecule has 0 saturated carbocycles. The molecule has 0 bridgehead atoms. The van der Waals surface area contributed by atoms with Crippen molar-refractivity contribution in [3.05, 3.63) is 89.2 Å². The van der Waals surface area contributed by atoms with Crippen molar-refractivity contribution in [3.63, 3.8) is 0 Å². The van der Waals surface area contributed by atoms with Gasteiger partial charge in [-0.15, -0.1) is 0 Å². The highest BCUT2D eigenvalue weighted by Crippen LogP contribution is 2.19. The predicted molar refractivity (Wildman–Crippen MR) is 110 cm³/mol. The van der Waals surface area contributed by atoms with E-state index in [0.717, 1.165) is 5.56 Å². The summed E-state index contributed by atoms with van der Waals surface area (Å²) < 4.78 is 11.0. The van der Waals surface area contributed by atoms with E-state index in [1.165, 1.54) is 13.1 Å². The number of nitrogens with zero attached hydrogens (tertiary/aromatic N) is 1. The second-order valence-corrected chi connectivity index (χ2v) is 6.54. The number of amides is 1. The van der Waals surface area contributed by atoms with Crippen LogP contribution in [0.15, 0.2) is 72.9 Å². The number of aromatic nitrogens is 1. The Morgan fingerprint density at radius 2 is 1.86 bits per heavy atom. The number of pyridine rings is 1. The van der Waals surface area contributed by atoms with Crippen molar-refractivity contribution in [2.75, 3.05) is 5.32 Å². The lowest BCUT2D eigenvalue weighted by Crippen LogP contribution is -2.30. The number of carbonyl (C=O) groups excluding carboxylic acids is 2. The number of anilines is 1. The van der Waals surface area contributed by atoms with Crippen molar-refractivity contribution in [3.8, 4) is 5.75 Å². The summed E-state index contributed by atoms with van der Waals surface area (Å²) >= 11 is 5.92. The van der Waals surface area contributed by atoms with Gasteiger partial charge in [-0.05, 0) is 42.8 Å². The molecule has 1 amide bonds. The van der Waals surface area contributed by atoms with Gasteiger partial charge in [0.1, 0.15) is 12.4 Å². The smallest absolute Gasteiger partial charge is 0.339 e. The number of hydrogen-bond acceptors (Lipinski definition) is 5. The number of rotatable bonds is 7. The molecule has 29 heavy (non-hydrogen) atoms. The Hall–Kier alpha value is -3.38. The van der Waals surface area contributed by atoms with Crippen molar-refractivity contribution >= 4 is 29.2 Å². The van der Waals surface area contributed by atoms with E-state index in [1.807, 2.05) is 30.3 Å². The number of benzene rings is 2. The van der Waals surface area contributed by atoms with E-state index in [9.17, 15) is 9.59 Å². The zero-order valence-corrected chi connectivity index (χ0v) is 16.4. The highest BCUT2D eigenvalue weighted by molar-refractivity contribution is 6.32. The van der Waals surface area contributed by atoms with Crippen molar-refractivity contribution in [2.45, 2.75) is 19.6 Å². The van der Waals surface area contributed by atoms with Crippen LogP contribution in [0.5, 0.6) is 5.75 Å². The van der Waals surface area contributed by atoms with E-state index < -0.39 is 18.0 Å². The summed E-state index contributed by atoms with van der Waals surface area (Å²) in [4.78, 5) is 28.5. The minimum absolute atomic E-state index is 0.155. The first-order valence-corrected chi connectivity index (χ1v) is 9.30. The maximum Gasteiger partial charge on any atom is 0.339 e. The molecule has 1 N–H and O–H groups in total. The van der Waals surface area contributed by atoms with Gasteiger partial charge in [0.05, 0.1) is 11.3 Å². The van der Waals surface area contributed by atoms with E-state index in [4.69, 9.17) is 21.1 Å². The van der Waals surface area contributed by atoms with Crippen LogP contribution in [0.2, 0.25) is 5.15 Å². The molecule has 1 aromatic heterocycles. The molecule has 0 aliphatic carbocycles. The first kappa shape index (κ1) is 20.4. The van der Waals surface area contributed by atoms with Crippen LogP contribution in [-0.4, -0.2) is 23.0 Å². The van der Waals surface area contributed by atoms with Gasteiger partial charge >= 0.3 is 5.97 Å². The van der Waals surface area contributed by atoms with Crippen LogP contribution >= 0.6 is 11.6 Å². The van der Waals surface area contributed by atoms with Crippen molar-refractivity contribution in [2.24, 2.45) is 0 Å². The molecule has 0 aliphatic rings. The highest BCUT2D eigenvalue weighted by atomic mass is 35.5. The van der Waals surface area contributed by atoms with Gasteiger partial charge in [-0.3, -0.25) is 4.79 Å². The molecule has 3 aromatic rings. The lowest BCUT2D eigenvalue weighted by atomic mass is 10.2. The normalized spacial score (nSPS) is 11.4. The molecule has 2 aromatic carbocycles. The van der Waals surface area contributed by atoms with Crippen LogP contribution in [0.1, 0.15) is 22.8 Å². The quantitative estimate of drug-likeness (QED) is 0.458. The molecule has 0 aliphatic heterocycles. The Kier molecular flexibility index (Phi) is 6.81. The summed E-state index contributed by atoms with van der Waals surface area (Å²) in [7, 11) is 0. The van der Waals surface area contributed by atoms with Crippen LogP contribution in [0, 0.1) is 0 Å². The third kappa shape index (κ3) is 5.80. The van der Waals surface area contributed by atoms with E-state index in [0.29, 0.717) is 18.0 Å². The SMILES string of the molecule is C[C@H](OC(=O)c1cccc(OCc2ccccc2)c1)C(=O)Nc1cccnc1Cl. The van der Waals surface area contributed by atoms with Crippen LogP contribution in [0.25, 0.3) is 0 Å². The van der Waals surface area contributed by atoms with E-state index in [-0.39, 0.29) is 10.7 Å². The Labute approximate surface area is 173 Å². The van der Waals surface area contributed by atoms with E-state index >= 15 is 0 Å². The van der Waals surface area contributed by atoms with Gasteiger partial charge in [0.15, 0.2) is 11.3 Å². The highest BCUT2D eigenvalue weighted by Gasteiger charge is 2.20. The first-order chi connectivity index (χ1) is 14.0. The Morgan fingerprint density at radius 1 is 1.07 bits per heavy atom. The number of hydrogen-bond donors (Lipinski definition) is 1. The second-order valence-electron chi connectivity index (χ2n) is 6.18. The number of halogens is 1. The van der Waals surface area contributed by atoms with Gasteiger partial charge in [0.2, 0.25) is 0 Å². The summed E-state index contributed by atoms with van der Waals surface area (Å²) in [5.41, 5.74) is 1.65. The molecule has 0 saturated heterocycles. The fraction of sp³-hybridized carbons (Fsp3) is 0.136. The van der Waals surface area contributed by atoms with E-state index in [2.05, 4.69) is 10.3 Å². The van der Waals surface area contributed by atoms with Crippen molar-refractivity contribution in [1.29, 1.82) is 0 Å². The largest absolute Gasteiger partial charge is 0.489 e. The zero-order chi connectivity index (χ0) is 20.6. The minimum atomic E-state index is -1.02. The van der Waals surface area contributed by atoms with Crippen LogP contribution < -0.4 is 10.1 Å². The number of nitrogens with one attached hydrogen (secondary N) is 1. The van der Waals surface area contributed by atoms with Gasteiger partial charge < -0.3 is 14.8 Å². The molecule has 6 nitrogen and oxygen atoms in total. The summed E-state index contributed by atoms with van der Waals surface area (Å²) in [6.07, 6.45) is 0.488. The molecule has 7 heteroatoms. The molecular weight excluding hydrogens is 392 g/mol. The molecule has 1 atom stereocenters. The minimum Gasteiger partial charge on any atom is -0.489 e. The van der Waals surface area contributed by atoms with Crippen LogP contribution in [-0.2, 0) is 16.1 Å². The molecule has 0 radical (unpaired) electrons. The van der Waals surface area contributed by atoms with Gasteiger partial charge in [-0.25, -0.2) is 9.78 Å². The summed E-state index contributed by atoms with van der Waals surface area (Å²) in [6.45, 7) is 1.86. The predicted octanol–water partition coefficient (Wildman–Crippen LogP) is 4.50. The van der Waals surface area contributed by atoms with Gasteiger partial charge in [-0.1, -0.05) is 48.0 Å². The molecule has 1 heterocycles. The number of ether oxygens (including phenoxy) is 2.